The second-order valence-electron chi connectivity index (χ2n) is 4.83. The summed E-state index contributed by atoms with van der Waals surface area (Å²) in [5, 5.41) is 9.39. The highest BCUT2D eigenvalue weighted by atomic mass is 16.5. The number of carbonyl (C=O) groups is 1. The fraction of sp³-hybridized carbons (Fsp3) is 0.235. The average molecular weight is 286 g/mol. The number of methoxy groups -OCH3 is 2. The minimum atomic E-state index is -1.04. The first kappa shape index (κ1) is 14.9. The molecule has 0 bridgehead atoms. The molecule has 0 saturated heterocycles. The molecule has 0 radical (unpaired) electrons. The van der Waals surface area contributed by atoms with Crippen molar-refractivity contribution in [3.63, 3.8) is 0 Å². The number of carboxylic acid groups (broad SMARTS) is 1. The van der Waals surface area contributed by atoms with Gasteiger partial charge in [0.2, 0.25) is 0 Å². The van der Waals surface area contributed by atoms with Crippen molar-refractivity contribution in [3.8, 4) is 22.6 Å². The van der Waals surface area contributed by atoms with Gasteiger partial charge in [0.15, 0.2) is 11.5 Å². The van der Waals surface area contributed by atoms with Crippen molar-refractivity contribution in [1.29, 1.82) is 0 Å². The molecule has 2 aromatic carbocycles. The zero-order valence-corrected chi connectivity index (χ0v) is 12.6. The highest BCUT2D eigenvalue weighted by Crippen LogP contribution is 2.38. The Morgan fingerprint density at radius 3 is 2.14 bits per heavy atom. The first-order chi connectivity index (χ1) is 9.99. The number of hydrogen-bond acceptors (Lipinski definition) is 3. The van der Waals surface area contributed by atoms with E-state index in [0.29, 0.717) is 5.75 Å². The number of carboxylic acids is 1. The number of ether oxygens (including phenoxy) is 2. The molecule has 0 spiro atoms. The van der Waals surface area contributed by atoms with E-state index in [2.05, 4.69) is 0 Å². The largest absolute Gasteiger partial charge is 0.493 e. The van der Waals surface area contributed by atoms with Gasteiger partial charge in [-0.2, -0.15) is 0 Å². The van der Waals surface area contributed by atoms with Crippen molar-refractivity contribution in [3.05, 3.63) is 47.0 Å². The molecule has 0 aliphatic heterocycles. The van der Waals surface area contributed by atoms with Crippen LogP contribution in [0.15, 0.2) is 30.3 Å². The first-order valence-corrected chi connectivity index (χ1v) is 6.55. The molecule has 0 aromatic heterocycles. The van der Waals surface area contributed by atoms with Gasteiger partial charge in [-0.15, -0.1) is 0 Å². The van der Waals surface area contributed by atoms with Gasteiger partial charge >= 0.3 is 5.97 Å². The molecule has 4 heteroatoms. The number of benzene rings is 2. The Labute approximate surface area is 123 Å². The summed E-state index contributed by atoms with van der Waals surface area (Å²) in [6, 6.07) is 9.41. The molecule has 0 saturated carbocycles. The second-order valence-corrected chi connectivity index (χ2v) is 4.83. The fourth-order valence-electron chi connectivity index (χ4n) is 2.54. The van der Waals surface area contributed by atoms with Gasteiger partial charge in [-0.3, -0.25) is 0 Å². The summed E-state index contributed by atoms with van der Waals surface area (Å²) >= 11 is 0. The quantitative estimate of drug-likeness (QED) is 0.931. The van der Waals surface area contributed by atoms with Crippen LogP contribution in [-0.2, 0) is 0 Å². The molecular weight excluding hydrogens is 268 g/mol. The van der Waals surface area contributed by atoms with Gasteiger partial charge in [0.05, 0.1) is 14.2 Å². The van der Waals surface area contributed by atoms with E-state index >= 15 is 0 Å². The molecule has 110 valence electrons. The lowest BCUT2D eigenvalue weighted by Gasteiger charge is -2.15. The highest BCUT2D eigenvalue weighted by molar-refractivity contribution is 5.94. The molecule has 1 N–H and O–H groups in total. The molecule has 0 aliphatic rings. The number of aryl methyl sites for hydroxylation is 2. The van der Waals surface area contributed by atoms with Gasteiger partial charge in [0.1, 0.15) is 5.56 Å². The van der Waals surface area contributed by atoms with Crippen LogP contribution in [-0.4, -0.2) is 25.3 Å². The van der Waals surface area contributed by atoms with Crippen molar-refractivity contribution >= 4 is 5.97 Å². The first-order valence-electron chi connectivity index (χ1n) is 6.55. The monoisotopic (exact) mass is 286 g/mol. The van der Waals surface area contributed by atoms with E-state index in [1.807, 2.05) is 32.0 Å². The van der Waals surface area contributed by atoms with Crippen LogP contribution in [0, 0.1) is 13.8 Å². The third-order valence-electron chi connectivity index (χ3n) is 3.48. The van der Waals surface area contributed by atoms with Crippen LogP contribution in [0.4, 0.5) is 0 Å². The third kappa shape index (κ3) is 2.70. The maximum atomic E-state index is 11.5. The Balaban J connectivity index is 2.76. The molecule has 0 unspecified atom stereocenters. The Bertz CT molecular complexity index is 669. The van der Waals surface area contributed by atoms with Crippen LogP contribution in [0.3, 0.4) is 0 Å². The lowest BCUT2D eigenvalue weighted by atomic mass is 9.94. The van der Waals surface area contributed by atoms with Crippen molar-refractivity contribution < 1.29 is 19.4 Å². The molecule has 0 fully saturated rings. The van der Waals surface area contributed by atoms with Gasteiger partial charge in [-0.25, -0.2) is 4.79 Å². The van der Waals surface area contributed by atoms with Crippen LogP contribution in [0.25, 0.3) is 11.1 Å². The molecule has 2 rings (SSSR count). The molecule has 0 aliphatic carbocycles. The van der Waals surface area contributed by atoms with Crippen LogP contribution in [0.2, 0.25) is 0 Å². The van der Waals surface area contributed by atoms with E-state index in [9.17, 15) is 9.90 Å². The van der Waals surface area contributed by atoms with Crippen LogP contribution >= 0.6 is 0 Å². The van der Waals surface area contributed by atoms with Gasteiger partial charge < -0.3 is 14.6 Å². The Morgan fingerprint density at radius 2 is 1.67 bits per heavy atom. The van der Waals surface area contributed by atoms with Gasteiger partial charge in [-0.05, 0) is 48.2 Å². The Morgan fingerprint density at radius 1 is 1.05 bits per heavy atom. The fourth-order valence-corrected chi connectivity index (χ4v) is 2.54. The minimum absolute atomic E-state index is 0.0921. The molecular formula is C17H18O4. The topological polar surface area (TPSA) is 55.8 Å². The summed E-state index contributed by atoms with van der Waals surface area (Å²) in [4.78, 5) is 11.5. The summed E-state index contributed by atoms with van der Waals surface area (Å²) in [6.45, 7) is 4.00. The summed E-state index contributed by atoms with van der Waals surface area (Å²) in [5.74, 6) is -0.395. The summed E-state index contributed by atoms with van der Waals surface area (Å²) < 4.78 is 10.5. The Kier molecular flexibility index (Phi) is 4.17. The highest BCUT2D eigenvalue weighted by Gasteiger charge is 2.19. The van der Waals surface area contributed by atoms with Gasteiger partial charge in [0, 0.05) is 0 Å². The van der Waals surface area contributed by atoms with Gasteiger partial charge in [-0.1, -0.05) is 18.2 Å². The molecule has 21 heavy (non-hydrogen) atoms. The number of aromatic carboxylic acids is 1. The van der Waals surface area contributed by atoms with Gasteiger partial charge in [0.25, 0.3) is 0 Å². The van der Waals surface area contributed by atoms with Crippen molar-refractivity contribution in [2.45, 2.75) is 13.8 Å². The van der Waals surface area contributed by atoms with Crippen LogP contribution < -0.4 is 9.47 Å². The summed E-state index contributed by atoms with van der Waals surface area (Å²) in [6.07, 6.45) is 0. The SMILES string of the molecule is COc1cc(-c2c(C)cccc2C)cc(C(=O)O)c1OC. The lowest BCUT2D eigenvalue weighted by molar-refractivity contribution is 0.0692. The van der Waals surface area contributed by atoms with Crippen molar-refractivity contribution in [2.75, 3.05) is 14.2 Å². The molecule has 4 nitrogen and oxygen atoms in total. The Hall–Kier alpha value is -2.49. The maximum absolute atomic E-state index is 11.5. The van der Waals surface area contributed by atoms with Crippen molar-refractivity contribution in [1.82, 2.24) is 0 Å². The molecule has 0 amide bonds. The molecule has 2 aromatic rings. The standard InChI is InChI=1S/C17H18O4/c1-10-6-5-7-11(2)15(10)12-8-13(17(18)19)16(21-4)14(9-12)20-3/h5-9H,1-4H3,(H,18,19). The number of rotatable bonds is 4. The van der Waals surface area contributed by atoms with Crippen molar-refractivity contribution in [2.24, 2.45) is 0 Å². The maximum Gasteiger partial charge on any atom is 0.339 e. The van der Waals surface area contributed by atoms with E-state index in [0.717, 1.165) is 22.3 Å². The van der Waals surface area contributed by atoms with E-state index in [-0.39, 0.29) is 11.3 Å². The number of hydrogen-bond donors (Lipinski definition) is 1. The van der Waals surface area contributed by atoms with Crippen LogP contribution in [0.1, 0.15) is 21.5 Å². The molecule has 0 atom stereocenters. The average Bonchev–Trinajstić information content (AvgIpc) is 2.45. The second kappa shape index (κ2) is 5.87. The summed E-state index contributed by atoms with van der Waals surface area (Å²) in [5.41, 5.74) is 4.08. The van der Waals surface area contributed by atoms with E-state index in [4.69, 9.17) is 9.47 Å². The van der Waals surface area contributed by atoms with E-state index in [1.165, 1.54) is 14.2 Å². The minimum Gasteiger partial charge on any atom is -0.493 e. The summed E-state index contributed by atoms with van der Waals surface area (Å²) in [7, 11) is 2.93. The molecule has 0 heterocycles. The third-order valence-corrected chi connectivity index (χ3v) is 3.48. The predicted octanol–water partition coefficient (Wildman–Crippen LogP) is 3.69. The normalized spacial score (nSPS) is 10.3. The smallest absolute Gasteiger partial charge is 0.339 e. The van der Waals surface area contributed by atoms with E-state index < -0.39 is 5.97 Å². The van der Waals surface area contributed by atoms with E-state index in [1.54, 1.807) is 12.1 Å². The zero-order chi connectivity index (χ0) is 15.6. The predicted molar refractivity (Wildman–Crippen MR) is 81.4 cm³/mol. The zero-order valence-electron chi connectivity index (χ0n) is 12.6. The van der Waals surface area contributed by atoms with Crippen LogP contribution in [0.5, 0.6) is 11.5 Å². The lowest BCUT2D eigenvalue weighted by Crippen LogP contribution is -2.03.